The number of hydrogen-bond donors (Lipinski definition) is 1. The van der Waals surface area contributed by atoms with Gasteiger partial charge in [0.15, 0.2) is 0 Å². The first-order chi connectivity index (χ1) is 10.2. The molecule has 1 aliphatic heterocycles. The molecule has 2 heterocycles. The topological polar surface area (TPSA) is 42.1 Å². The van der Waals surface area contributed by atoms with Gasteiger partial charge in [-0.25, -0.2) is 4.98 Å². The molecule has 0 bridgehead atoms. The van der Waals surface area contributed by atoms with E-state index in [-0.39, 0.29) is 6.04 Å². The van der Waals surface area contributed by atoms with Crippen molar-refractivity contribution in [2.75, 3.05) is 11.4 Å². The summed E-state index contributed by atoms with van der Waals surface area (Å²) < 4.78 is 0. The predicted octanol–water partition coefficient (Wildman–Crippen LogP) is 3.88. The minimum Gasteiger partial charge on any atom is -0.326 e. The van der Waals surface area contributed by atoms with Crippen LogP contribution < -0.4 is 10.6 Å². The Morgan fingerprint density at radius 1 is 1.33 bits per heavy atom. The average molecular weight is 281 g/mol. The maximum atomic E-state index is 6.15. The summed E-state index contributed by atoms with van der Waals surface area (Å²) in [5.74, 6) is 1.03. The second-order valence-electron chi connectivity index (χ2n) is 5.80. The zero-order valence-electron chi connectivity index (χ0n) is 12.8. The summed E-state index contributed by atoms with van der Waals surface area (Å²) in [6.45, 7) is 5.27. The van der Waals surface area contributed by atoms with Crippen LogP contribution in [-0.2, 0) is 6.42 Å². The molecular weight excluding hydrogens is 258 g/mol. The number of nitrogens with zero attached hydrogens (tertiary/aromatic N) is 2. The number of aryl methyl sites for hydroxylation is 2. The van der Waals surface area contributed by atoms with E-state index in [1.54, 1.807) is 0 Å². The van der Waals surface area contributed by atoms with Gasteiger partial charge >= 0.3 is 0 Å². The third-order valence-corrected chi connectivity index (χ3v) is 4.36. The van der Waals surface area contributed by atoms with Crippen molar-refractivity contribution in [2.45, 2.75) is 39.2 Å². The van der Waals surface area contributed by atoms with Crippen LogP contribution in [0.4, 0.5) is 11.5 Å². The molecule has 3 heteroatoms. The maximum absolute atomic E-state index is 6.15. The molecule has 0 aliphatic carbocycles. The fraction of sp³-hybridized carbons (Fsp3) is 0.389. The summed E-state index contributed by atoms with van der Waals surface area (Å²) in [6.07, 6.45) is 5.23. The van der Waals surface area contributed by atoms with E-state index in [4.69, 9.17) is 5.73 Å². The van der Waals surface area contributed by atoms with Crippen molar-refractivity contribution in [1.82, 2.24) is 4.98 Å². The molecule has 0 saturated carbocycles. The number of fused-ring (bicyclic) bond motifs is 1. The first kappa shape index (κ1) is 14.1. The molecular formula is C18H23N3. The molecule has 0 spiro atoms. The van der Waals surface area contributed by atoms with Gasteiger partial charge in [0.2, 0.25) is 0 Å². The van der Waals surface area contributed by atoms with E-state index in [0.717, 1.165) is 30.8 Å². The van der Waals surface area contributed by atoms with Gasteiger partial charge in [-0.2, -0.15) is 0 Å². The van der Waals surface area contributed by atoms with Crippen LogP contribution in [0.1, 0.15) is 42.5 Å². The predicted molar refractivity (Wildman–Crippen MR) is 88.0 cm³/mol. The Morgan fingerprint density at radius 3 is 2.90 bits per heavy atom. The Morgan fingerprint density at radius 2 is 2.14 bits per heavy atom. The van der Waals surface area contributed by atoms with Gasteiger partial charge in [0.05, 0.1) is 0 Å². The highest BCUT2D eigenvalue weighted by atomic mass is 15.2. The number of para-hydroxylation sites is 1. The number of pyridine rings is 1. The smallest absolute Gasteiger partial charge is 0.133 e. The van der Waals surface area contributed by atoms with Crippen LogP contribution in [0.3, 0.4) is 0 Å². The summed E-state index contributed by atoms with van der Waals surface area (Å²) >= 11 is 0. The van der Waals surface area contributed by atoms with E-state index in [1.807, 2.05) is 6.20 Å². The minimum atomic E-state index is 0.0835. The zero-order valence-corrected chi connectivity index (χ0v) is 12.8. The zero-order chi connectivity index (χ0) is 14.8. The summed E-state index contributed by atoms with van der Waals surface area (Å²) in [5.41, 5.74) is 11.2. The van der Waals surface area contributed by atoms with Crippen LogP contribution in [0.5, 0.6) is 0 Å². The average Bonchev–Trinajstić information content (AvgIpc) is 2.53. The fourth-order valence-electron chi connectivity index (χ4n) is 3.08. The molecule has 3 nitrogen and oxygen atoms in total. The lowest BCUT2D eigenvalue weighted by Crippen LogP contribution is -2.25. The molecule has 1 atom stereocenters. The lowest BCUT2D eigenvalue weighted by molar-refractivity contribution is 0.688. The van der Waals surface area contributed by atoms with E-state index in [1.165, 1.54) is 23.2 Å². The van der Waals surface area contributed by atoms with Crippen molar-refractivity contribution >= 4 is 11.5 Å². The Balaban J connectivity index is 1.97. The summed E-state index contributed by atoms with van der Waals surface area (Å²) in [6, 6.07) is 10.9. The van der Waals surface area contributed by atoms with Crippen molar-refractivity contribution in [1.29, 1.82) is 0 Å². The second-order valence-corrected chi connectivity index (χ2v) is 5.80. The SMILES string of the molecule is CCC(N)c1cnc(N2CCCc3ccccc32)cc1C. The quantitative estimate of drug-likeness (QED) is 0.928. The van der Waals surface area contributed by atoms with E-state index >= 15 is 0 Å². The molecule has 0 saturated heterocycles. The van der Waals surface area contributed by atoms with E-state index in [2.05, 4.69) is 54.1 Å². The fourth-order valence-corrected chi connectivity index (χ4v) is 3.08. The van der Waals surface area contributed by atoms with Crippen LogP contribution in [0.25, 0.3) is 0 Å². The number of rotatable bonds is 3. The largest absolute Gasteiger partial charge is 0.326 e. The highest BCUT2D eigenvalue weighted by Crippen LogP contribution is 2.33. The van der Waals surface area contributed by atoms with Gasteiger partial charge in [0, 0.05) is 24.5 Å². The number of anilines is 2. The summed E-state index contributed by atoms with van der Waals surface area (Å²) in [5, 5.41) is 0. The highest BCUT2D eigenvalue weighted by molar-refractivity contribution is 5.65. The molecule has 1 aromatic heterocycles. The molecule has 0 radical (unpaired) electrons. The van der Waals surface area contributed by atoms with Crippen LogP contribution in [0.2, 0.25) is 0 Å². The third kappa shape index (κ3) is 2.66. The Kier molecular flexibility index (Phi) is 3.93. The molecule has 0 amide bonds. The number of nitrogens with two attached hydrogens (primary N) is 1. The Labute approximate surface area is 126 Å². The third-order valence-electron chi connectivity index (χ3n) is 4.36. The second kappa shape index (κ2) is 5.86. The van der Waals surface area contributed by atoms with Crippen molar-refractivity contribution in [3.63, 3.8) is 0 Å². The van der Waals surface area contributed by atoms with Crippen LogP contribution in [-0.4, -0.2) is 11.5 Å². The Hall–Kier alpha value is -1.87. The lowest BCUT2D eigenvalue weighted by Gasteiger charge is -2.31. The maximum Gasteiger partial charge on any atom is 0.133 e. The van der Waals surface area contributed by atoms with Crippen LogP contribution in [0, 0.1) is 6.92 Å². The van der Waals surface area contributed by atoms with Crippen molar-refractivity contribution in [2.24, 2.45) is 5.73 Å². The summed E-state index contributed by atoms with van der Waals surface area (Å²) in [4.78, 5) is 7.00. The van der Waals surface area contributed by atoms with E-state index in [0.29, 0.717) is 0 Å². The molecule has 0 fully saturated rings. The first-order valence-electron chi connectivity index (χ1n) is 7.78. The number of aromatic nitrogens is 1. The molecule has 2 aromatic rings. The first-order valence-corrected chi connectivity index (χ1v) is 7.78. The molecule has 1 unspecified atom stereocenters. The van der Waals surface area contributed by atoms with Gasteiger partial charge in [0.1, 0.15) is 5.82 Å². The van der Waals surface area contributed by atoms with Gasteiger partial charge < -0.3 is 10.6 Å². The van der Waals surface area contributed by atoms with Gasteiger partial charge in [-0.05, 0) is 55.0 Å². The van der Waals surface area contributed by atoms with Crippen molar-refractivity contribution < 1.29 is 0 Å². The minimum absolute atomic E-state index is 0.0835. The van der Waals surface area contributed by atoms with E-state index < -0.39 is 0 Å². The van der Waals surface area contributed by atoms with Crippen molar-refractivity contribution in [3.05, 3.63) is 53.2 Å². The van der Waals surface area contributed by atoms with Crippen LogP contribution in [0.15, 0.2) is 36.5 Å². The number of hydrogen-bond acceptors (Lipinski definition) is 3. The molecule has 1 aliphatic rings. The highest BCUT2D eigenvalue weighted by Gasteiger charge is 2.19. The summed E-state index contributed by atoms with van der Waals surface area (Å²) in [7, 11) is 0. The lowest BCUT2D eigenvalue weighted by atomic mass is 10.00. The molecule has 1 aromatic carbocycles. The van der Waals surface area contributed by atoms with Crippen molar-refractivity contribution in [3.8, 4) is 0 Å². The van der Waals surface area contributed by atoms with Gasteiger partial charge in [-0.15, -0.1) is 0 Å². The van der Waals surface area contributed by atoms with Gasteiger partial charge in [-0.1, -0.05) is 25.1 Å². The normalized spacial score (nSPS) is 15.7. The van der Waals surface area contributed by atoms with Crippen LogP contribution >= 0.6 is 0 Å². The standard InChI is InChI=1S/C18H23N3/c1-3-16(19)15-12-20-18(11-13(15)2)21-10-6-8-14-7-4-5-9-17(14)21/h4-5,7,9,11-12,16H,3,6,8,10,19H2,1-2H3. The monoisotopic (exact) mass is 281 g/mol. The molecule has 2 N–H and O–H groups in total. The van der Waals surface area contributed by atoms with Gasteiger partial charge in [0.25, 0.3) is 0 Å². The number of benzene rings is 1. The molecule has 3 rings (SSSR count). The Bertz CT molecular complexity index is 636. The van der Waals surface area contributed by atoms with E-state index in [9.17, 15) is 0 Å². The molecule has 21 heavy (non-hydrogen) atoms. The van der Waals surface area contributed by atoms with Gasteiger partial charge in [-0.3, -0.25) is 0 Å². The molecule has 110 valence electrons.